The number of carbonyl (C=O) groups excluding carboxylic acids is 1. The number of benzene rings is 1. The van der Waals surface area contributed by atoms with Crippen LogP contribution in [-0.2, 0) is 14.3 Å². The first-order valence-electron chi connectivity index (χ1n) is 9.34. The summed E-state index contributed by atoms with van der Waals surface area (Å²) in [6.45, 7) is 15.3. The molecule has 0 fully saturated rings. The highest BCUT2D eigenvalue weighted by Crippen LogP contribution is 2.43. The Balaban J connectivity index is 2.66. The van der Waals surface area contributed by atoms with Crippen molar-refractivity contribution in [2.75, 3.05) is 13.7 Å². The van der Waals surface area contributed by atoms with Crippen molar-refractivity contribution < 1.29 is 18.7 Å². The molecule has 1 N–H and O–H groups in total. The largest absolute Gasteiger partial charge is 0.457 e. The summed E-state index contributed by atoms with van der Waals surface area (Å²) in [4.78, 5) is 16.9. The van der Waals surface area contributed by atoms with Crippen molar-refractivity contribution in [2.24, 2.45) is 0 Å². The van der Waals surface area contributed by atoms with Crippen LogP contribution >= 0.6 is 11.6 Å². The second-order valence-electron chi connectivity index (χ2n) is 7.84. The highest BCUT2D eigenvalue weighted by atomic mass is 35.5. The lowest BCUT2D eigenvalue weighted by Gasteiger charge is -2.32. The maximum atomic E-state index is 13.6. The molecule has 0 spiro atoms. The third-order valence-electron chi connectivity index (χ3n) is 4.40. The molecule has 0 aromatic heterocycles. The summed E-state index contributed by atoms with van der Waals surface area (Å²) >= 11 is 6.33. The lowest BCUT2D eigenvalue weighted by Crippen LogP contribution is -2.33. The van der Waals surface area contributed by atoms with E-state index in [9.17, 15) is 9.18 Å². The number of allylic oxidation sites excluding steroid dienone is 3. The van der Waals surface area contributed by atoms with E-state index in [1.807, 2.05) is 0 Å². The molecular formula is C22H26ClFN2O3. The molecular weight excluding hydrogens is 395 g/mol. The topological polar surface area (TPSA) is 51.9 Å². The van der Waals surface area contributed by atoms with Gasteiger partial charge >= 0.3 is 5.97 Å². The SMILES string of the molecule is [C-]#[N+]C1=C(C)NC(CCCOC)=C(C(=O)OC(C)(C)C)C1c1ccc(F)cc1Cl. The van der Waals surface area contributed by atoms with E-state index in [1.165, 1.54) is 18.2 Å². The van der Waals surface area contributed by atoms with Crippen molar-refractivity contribution in [3.05, 3.63) is 68.7 Å². The van der Waals surface area contributed by atoms with Gasteiger partial charge in [-0.25, -0.2) is 14.0 Å². The second-order valence-corrected chi connectivity index (χ2v) is 8.24. The zero-order valence-electron chi connectivity index (χ0n) is 17.4. The predicted molar refractivity (Wildman–Crippen MR) is 111 cm³/mol. The fraction of sp³-hybridized carbons (Fsp3) is 0.455. The van der Waals surface area contributed by atoms with E-state index < -0.39 is 23.3 Å². The maximum Gasteiger partial charge on any atom is 0.335 e. The van der Waals surface area contributed by atoms with Crippen LogP contribution in [0.3, 0.4) is 0 Å². The third-order valence-corrected chi connectivity index (χ3v) is 4.73. The lowest BCUT2D eigenvalue weighted by molar-refractivity contribution is -0.150. The normalized spacial score (nSPS) is 17.1. The summed E-state index contributed by atoms with van der Waals surface area (Å²) in [5.41, 5.74) is 1.71. The summed E-state index contributed by atoms with van der Waals surface area (Å²) in [7, 11) is 1.61. The molecule has 1 atom stereocenters. The van der Waals surface area contributed by atoms with Crippen LogP contribution in [0.1, 0.15) is 52.0 Å². The van der Waals surface area contributed by atoms with Crippen molar-refractivity contribution in [3.63, 3.8) is 0 Å². The number of ether oxygens (including phenoxy) is 2. The minimum Gasteiger partial charge on any atom is -0.457 e. The van der Waals surface area contributed by atoms with E-state index in [1.54, 1.807) is 34.8 Å². The molecule has 0 amide bonds. The van der Waals surface area contributed by atoms with Gasteiger partial charge in [-0.3, -0.25) is 0 Å². The number of halogens is 2. The summed E-state index contributed by atoms with van der Waals surface area (Å²) in [6.07, 6.45) is 1.20. The van der Waals surface area contributed by atoms with Crippen LogP contribution in [-0.4, -0.2) is 25.3 Å². The average molecular weight is 421 g/mol. The fourth-order valence-electron chi connectivity index (χ4n) is 3.24. The van der Waals surface area contributed by atoms with Crippen LogP contribution in [0, 0.1) is 12.4 Å². The molecule has 1 aliphatic rings. The van der Waals surface area contributed by atoms with Crippen LogP contribution in [0.2, 0.25) is 5.02 Å². The van der Waals surface area contributed by atoms with E-state index in [4.69, 9.17) is 27.6 Å². The van der Waals surface area contributed by atoms with E-state index in [0.717, 1.165) is 0 Å². The Morgan fingerprint density at radius 1 is 1.38 bits per heavy atom. The summed E-state index contributed by atoms with van der Waals surface area (Å²) in [5, 5.41) is 3.35. The monoisotopic (exact) mass is 420 g/mol. The first-order valence-corrected chi connectivity index (χ1v) is 9.72. The molecule has 0 radical (unpaired) electrons. The molecule has 156 valence electrons. The molecule has 5 nitrogen and oxygen atoms in total. The molecule has 1 heterocycles. The Hall–Kier alpha value is -2.36. The van der Waals surface area contributed by atoms with Gasteiger partial charge in [-0.15, -0.1) is 0 Å². The van der Waals surface area contributed by atoms with Gasteiger partial charge in [0.2, 0.25) is 0 Å². The number of esters is 1. The Bertz CT molecular complexity index is 894. The van der Waals surface area contributed by atoms with Crippen molar-refractivity contribution in [2.45, 2.75) is 52.1 Å². The quantitative estimate of drug-likeness (QED) is 0.383. The molecule has 29 heavy (non-hydrogen) atoms. The van der Waals surface area contributed by atoms with Gasteiger partial charge in [0.1, 0.15) is 11.4 Å². The van der Waals surface area contributed by atoms with Gasteiger partial charge in [-0.1, -0.05) is 17.7 Å². The van der Waals surface area contributed by atoms with E-state index in [0.29, 0.717) is 47.7 Å². The number of methoxy groups -OCH3 is 1. The van der Waals surface area contributed by atoms with Gasteiger partial charge in [-0.2, -0.15) is 0 Å². The second kappa shape index (κ2) is 9.43. The molecule has 2 rings (SSSR count). The van der Waals surface area contributed by atoms with Crippen molar-refractivity contribution in [1.29, 1.82) is 0 Å². The zero-order valence-corrected chi connectivity index (χ0v) is 18.1. The van der Waals surface area contributed by atoms with Gasteiger partial charge in [0, 0.05) is 30.1 Å². The van der Waals surface area contributed by atoms with Gasteiger partial charge in [0.15, 0.2) is 5.70 Å². The predicted octanol–water partition coefficient (Wildman–Crippen LogP) is 5.34. The molecule has 7 heteroatoms. The van der Waals surface area contributed by atoms with E-state index in [2.05, 4.69) is 10.2 Å². The number of nitrogens with one attached hydrogen (secondary N) is 1. The highest BCUT2D eigenvalue weighted by Gasteiger charge is 2.38. The number of nitrogens with zero attached hydrogens (tertiary/aromatic N) is 1. The number of rotatable bonds is 6. The highest BCUT2D eigenvalue weighted by molar-refractivity contribution is 6.31. The third kappa shape index (κ3) is 5.59. The number of dihydropyridines is 1. The standard InChI is InChI=1S/C22H26ClFN2O3/c1-13-20(25-5)18(15-10-9-14(24)12-16(15)23)19(21(27)29-22(2,3)4)17(26-13)8-7-11-28-6/h9-10,12,18,26H,7-8,11H2,1-4,6H3. The van der Waals surface area contributed by atoms with Crippen molar-refractivity contribution in [1.82, 2.24) is 5.32 Å². The Labute approximate surface area is 176 Å². The van der Waals surface area contributed by atoms with Crippen LogP contribution in [0.5, 0.6) is 0 Å². The number of hydrogen-bond acceptors (Lipinski definition) is 4. The lowest BCUT2D eigenvalue weighted by atomic mass is 9.83. The number of carbonyl (C=O) groups is 1. The minimum atomic E-state index is -0.741. The summed E-state index contributed by atoms with van der Waals surface area (Å²) < 4.78 is 24.4. The molecule has 1 aliphatic heterocycles. The maximum absolute atomic E-state index is 13.6. The number of hydrogen-bond donors (Lipinski definition) is 1. The molecule has 1 aromatic carbocycles. The Morgan fingerprint density at radius 2 is 2.07 bits per heavy atom. The van der Waals surface area contributed by atoms with Crippen LogP contribution in [0.4, 0.5) is 4.39 Å². The van der Waals surface area contributed by atoms with Gasteiger partial charge < -0.3 is 14.8 Å². The molecule has 1 unspecified atom stereocenters. The van der Waals surface area contributed by atoms with E-state index in [-0.39, 0.29) is 5.02 Å². The molecule has 1 aromatic rings. The first-order chi connectivity index (χ1) is 13.6. The first kappa shape index (κ1) is 22.9. The smallest absolute Gasteiger partial charge is 0.335 e. The average Bonchev–Trinajstić information content (AvgIpc) is 2.60. The molecule has 0 aliphatic carbocycles. The van der Waals surface area contributed by atoms with Crippen LogP contribution in [0.25, 0.3) is 4.85 Å². The van der Waals surface area contributed by atoms with Gasteiger partial charge in [0.05, 0.1) is 18.1 Å². The Morgan fingerprint density at radius 3 is 2.62 bits per heavy atom. The van der Waals surface area contributed by atoms with Crippen molar-refractivity contribution >= 4 is 17.6 Å². The van der Waals surface area contributed by atoms with Crippen LogP contribution < -0.4 is 5.32 Å². The zero-order chi connectivity index (χ0) is 21.8. The van der Waals surface area contributed by atoms with E-state index >= 15 is 0 Å². The van der Waals surface area contributed by atoms with Gasteiger partial charge in [0.25, 0.3) is 0 Å². The van der Waals surface area contributed by atoms with Crippen molar-refractivity contribution in [3.8, 4) is 0 Å². The molecule has 0 bridgehead atoms. The molecule has 0 saturated heterocycles. The summed E-state index contributed by atoms with van der Waals surface area (Å²) in [6, 6.07) is 3.98. The van der Waals surface area contributed by atoms with Gasteiger partial charge in [-0.05, 0) is 58.2 Å². The minimum absolute atomic E-state index is 0.156. The van der Waals surface area contributed by atoms with Crippen LogP contribution in [0.15, 0.2) is 40.9 Å². The Kier molecular flexibility index (Phi) is 7.45. The molecule has 0 saturated carbocycles. The fourth-order valence-corrected chi connectivity index (χ4v) is 3.51. The summed E-state index contributed by atoms with van der Waals surface area (Å²) in [5.74, 6) is -1.76.